The van der Waals surface area contributed by atoms with E-state index in [0.29, 0.717) is 6.61 Å². The maximum absolute atomic E-state index is 11.5. The molecule has 0 spiro atoms. The quantitative estimate of drug-likeness (QED) is 0.430. The second-order valence-electron chi connectivity index (χ2n) is 5.16. The maximum Gasteiger partial charge on any atom is 0.330 e. The van der Waals surface area contributed by atoms with Gasteiger partial charge in [-0.05, 0) is 47.9 Å². The minimum atomic E-state index is -0.366. The van der Waals surface area contributed by atoms with Gasteiger partial charge < -0.3 is 14.2 Å². The van der Waals surface area contributed by atoms with Crippen molar-refractivity contribution in [3.8, 4) is 11.5 Å². The largest absolute Gasteiger partial charge is 0.497 e. The third kappa shape index (κ3) is 5.24. The van der Waals surface area contributed by atoms with Gasteiger partial charge >= 0.3 is 5.97 Å². The Balaban J connectivity index is 2.45. The molecule has 2 aromatic carbocycles. The molecular formula is C21H22O4. The topological polar surface area (TPSA) is 44.8 Å². The molecule has 0 fully saturated rings. The minimum Gasteiger partial charge on any atom is -0.497 e. The molecule has 2 aromatic rings. The molecule has 0 aliphatic heterocycles. The van der Waals surface area contributed by atoms with E-state index in [4.69, 9.17) is 14.2 Å². The van der Waals surface area contributed by atoms with Gasteiger partial charge in [0.1, 0.15) is 11.5 Å². The SMILES string of the molecule is CCOC(=O)/C=C\C=C(c1cccc(OC)c1)c1cccc(OC)c1. The molecule has 0 amide bonds. The summed E-state index contributed by atoms with van der Waals surface area (Å²) < 4.78 is 15.5. The third-order valence-electron chi connectivity index (χ3n) is 3.54. The van der Waals surface area contributed by atoms with E-state index in [9.17, 15) is 4.79 Å². The lowest BCUT2D eigenvalue weighted by atomic mass is 9.97. The highest BCUT2D eigenvalue weighted by Crippen LogP contribution is 2.28. The number of hydrogen-bond donors (Lipinski definition) is 0. The highest BCUT2D eigenvalue weighted by molar-refractivity contribution is 5.85. The first-order valence-corrected chi connectivity index (χ1v) is 8.02. The van der Waals surface area contributed by atoms with Crippen LogP contribution >= 0.6 is 0 Å². The van der Waals surface area contributed by atoms with Gasteiger partial charge in [0.25, 0.3) is 0 Å². The number of rotatable bonds is 7. The van der Waals surface area contributed by atoms with Crippen LogP contribution in [-0.4, -0.2) is 26.8 Å². The van der Waals surface area contributed by atoms with Gasteiger partial charge in [-0.3, -0.25) is 0 Å². The van der Waals surface area contributed by atoms with Gasteiger partial charge in [-0.15, -0.1) is 0 Å². The van der Waals surface area contributed by atoms with Crippen LogP contribution in [0.2, 0.25) is 0 Å². The highest BCUT2D eigenvalue weighted by atomic mass is 16.5. The van der Waals surface area contributed by atoms with Crippen molar-refractivity contribution in [2.75, 3.05) is 20.8 Å². The Morgan fingerprint density at radius 2 is 1.52 bits per heavy atom. The predicted octanol–water partition coefficient (Wildman–Crippen LogP) is 4.25. The Morgan fingerprint density at radius 1 is 0.960 bits per heavy atom. The zero-order chi connectivity index (χ0) is 18.1. The lowest BCUT2D eigenvalue weighted by molar-refractivity contribution is -0.137. The van der Waals surface area contributed by atoms with Crippen molar-refractivity contribution >= 4 is 11.5 Å². The van der Waals surface area contributed by atoms with Gasteiger partial charge in [0.15, 0.2) is 0 Å². The number of benzene rings is 2. The standard InChI is InChI=1S/C21H22O4/c1-4-25-21(22)13-7-12-20(16-8-5-10-18(14-16)23-2)17-9-6-11-19(15-17)24-3/h5-15H,4H2,1-3H3/b13-7-. The average molecular weight is 338 g/mol. The van der Waals surface area contributed by atoms with Gasteiger partial charge in [-0.2, -0.15) is 0 Å². The van der Waals surface area contributed by atoms with Crippen LogP contribution in [0.15, 0.2) is 66.8 Å². The summed E-state index contributed by atoms with van der Waals surface area (Å²) in [6, 6.07) is 15.5. The number of carbonyl (C=O) groups is 1. The number of methoxy groups -OCH3 is 2. The molecule has 0 N–H and O–H groups in total. The van der Waals surface area contributed by atoms with Crippen LogP contribution in [0, 0.1) is 0 Å². The highest BCUT2D eigenvalue weighted by Gasteiger charge is 2.07. The molecule has 0 unspecified atom stereocenters. The van der Waals surface area contributed by atoms with E-state index < -0.39 is 0 Å². The van der Waals surface area contributed by atoms with E-state index in [1.807, 2.05) is 54.6 Å². The Morgan fingerprint density at radius 3 is 2.00 bits per heavy atom. The fourth-order valence-electron chi connectivity index (χ4n) is 2.35. The van der Waals surface area contributed by atoms with Crippen LogP contribution in [-0.2, 0) is 9.53 Å². The molecule has 0 aliphatic carbocycles. The molecule has 0 aliphatic rings. The summed E-state index contributed by atoms with van der Waals surface area (Å²) in [6.07, 6.45) is 4.97. The molecule has 0 radical (unpaired) electrons. The van der Waals surface area contributed by atoms with Crippen molar-refractivity contribution in [1.29, 1.82) is 0 Å². The van der Waals surface area contributed by atoms with Crippen molar-refractivity contribution in [3.63, 3.8) is 0 Å². The normalized spacial score (nSPS) is 10.4. The van der Waals surface area contributed by atoms with E-state index in [1.54, 1.807) is 27.2 Å². The second-order valence-corrected chi connectivity index (χ2v) is 5.16. The van der Waals surface area contributed by atoms with Gasteiger partial charge in [0, 0.05) is 6.08 Å². The number of hydrogen-bond acceptors (Lipinski definition) is 4. The Hall–Kier alpha value is -3.01. The first-order chi connectivity index (χ1) is 12.2. The van der Waals surface area contributed by atoms with Gasteiger partial charge in [0.2, 0.25) is 0 Å². The van der Waals surface area contributed by atoms with E-state index in [-0.39, 0.29) is 5.97 Å². The lowest BCUT2D eigenvalue weighted by Crippen LogP contribution is -1.98. The lowest BCUT2D eigenvalue weighted by Gasteiger charge is -2.11. The van der Waals surface area contributed by atoms with Gasteiger partial charge in [-0.1, -0.05) is 36.4 Å². The Kier molecular flexibility index (Phi) is 6.84. The average Bonchev–Trinajstić information content (AvgIpc) is 2.65. The maximum atomic E-state index is 11.5. The van der Waals surface area contributed by atoms with E-state index >= 15 is 0 Å². The van der Waals surface area contributed by atoms with E-state index in [1.165, 1.54) is 6.08 Å². The Bertz CT molecular complexity index is 725. The Labute approximate surface area is 148 Å². The number of carbonyl (C=O) groups excluding carboxylic acids is 1. The monoisotopic (exact) mass is 338 g/mol. The molecule has 0 bridgehead atoms. The van der Waals surface area contributed by atoms with Gasteiger partial charge in [-0.25, -0.2) is 4.79 Å². The molecular weight excluding hydrogens is 316 g/mol. The molecule has 2 rings (SSSR count). The minimum absolute atomic E-state index is 0.353. The van der Waals surface area contributed by atoms with Crippen molar-refractivity contribution in [2.45, 2.75) is 6.92 Å². The van der Waals surface area contributed by atoms with Crippen LogP contribution in [0.1, 0.15) is 18.1 Å². The molecule has 4 heteroatoms. The fourth-order valence-corrected chi connectivity index (χ4v) is 2.35. The number of ether oxygens (including phenoxy) is 3. The fraction of sp³-hybridized carbons (Fsp3) is 0.190. The molecule has 0 saturated carbocycles. The predicted molar refractivity (Wildman–Crippen MR) is 98.8 cm³/mol. The summed E-state index contributed by atoms with van der Waals surface area (Å²) in [5, 5.41) is 0. The van der Waals surface area contributed by atoms with Crippen molar-refractivity contribution in [2.24, 2.45) is 0 Å². The summed E-state index contributed by atoms with van der Waals surface area (Å²) >= 11 is 0. The van der Waals surface area contributed by atoms with Gasteiger partial charge in [0.05, 0.1) is 20.8 Å². The summed E-state index contributed by atoms with van der Waals surface area (Å²) in [5.74, 6) is 1.16. The molecule has 25 heavy (non-hydrogen) atoms. The zero-order valence-electron chi connectivity index (χ0n) is 14.7. The first kappa shape index (κ1) is 18.3. The van der Waals surface area contributed by atoms with Crippen LogP contribution in [0.5, 0.6) is 11.5 Å². The first-order valence-electron chi connectivity index (χ1n) is 8.02. The number of esters is 1. The summed E-state index contributed by atoms with van der Waals surface area (Å²) in [5.41, 5.74) is 2.89. The molecule has 0 saturated heterocycles. The zero-order valence-corrected chi connectivity index (χ0v) is 14.7. The molecule has 0 atom stereocenters. The van der Waals surface area contributed by atoms with Crippen molar-refractivity contribution in [1.82, 2.24) is 0 Å². The van der Waals surface area contributed by atoms with E-state index in [2.05, 4.69) is 0 Å². The molecule has 130 valence electrons. The smallest absolute Gasteiger partial charge is 0.330 e. The van der Waals surface area contributed by atoms with Crippen LogP contribution < -0.4 is 9.47 Å². The summed E-state index contributed by atoms with van der Waals surface area (Å²) in [6.45, 7) is 2.13. The summed E-state index contributed by atoms with van der Waals surface area (Å²) in [7, 11) is 3.27. The van der Waals surface area contributed by atoms with Crippen LogP contribution in [0.3, 0.4) is 0 Å². The number of allylic oxidation sites excluding steroid dienone is 2. The second kappa shape index (κ2) is 9.33. The molecule has 0 aromatic heterocycles. The van der Waals surface area contributed by atoms with Crippen LogP contribution in [0.4, 0.5) is 0 Å². The summed E-state index contributed by atoms with van der Waals surface area (Å²) in [4.78, 5) is 11.5. The molecule has 0 heterocycles. The van der Waals surface area contributed by atoms with Crippen molar-refractivity contribution in [3.05, 3.63) is 77.9 Å². The molecule has 4 nitrogen and oxygen atoms in total. The van der Waals surface area contributed by atoms with E-state index in [0.717, 1.165) is 28.2 Å². The van der Waals surface area contributed by atoms with Crippen molar-refractivity contribution < 1.29 is 19.0 Å². The third-order valence-corrected chi connectivity index (χ3v) is 3.54. The van der Waals surface area contributed by atoms with Crippen LogP contribution in [0.25, 0.3) is 5.57 Å².